The van der Waals surface area contributed by atoms with Crippen molar-refractivity contribution in [3.05, 3.63) is 65.7 Å². The highest BCUT2D eigenvalue weighted by Gasteiger charge is 2.06. The average molecular weight is 369 g/mol. The molecule has 0 unspecified atom stereocenters. The van der Waals surface area contributed by atoms with Crippen LogP contribution in [-0.2, 0) is 0 Å². The summed E-state index contributed by atoms with van der Waals surface area (Å²) < 4.78 is 10.7. The summed E-state index contributed by atoms with van der Waals surface area (Å²) in [6.07, 6.45) is 1.73. The second kappa shape index (κ2) is 8.87. The number of carbonyl (C=O) groups is 1. The summed E-state index contributed by atoms with van der Waals surface area (Å²) in [5.74, 6) is 1.36. The molecule has 0 bridgehead atoms. The Morgan fingerprint density at radius 2 is 1.96 bits per heavy atom. The Kier molecular flexibility index (Phi) is 6.05. The average Bonchev–Trinajstić information content (AvgIpc) is 3.19. The van der Waals surface area contributed by atoms with Crippen molar-refractivity contribution >= 4 is 28.1 Å². The molecule has 1 amide bonds. The molecule has 134 valence electrons. The van der Waals surface area contributed by atoms with Gasteiger partial charge < -0.3 is 20.1 Å². The molecule has 0 aliphatic rings. The molecule has 0 saturated heterocycles. The number of benzene rings is 2. The molecule has 6 nitrogen and oxygen atoms in total. The number of nitrogens with zero attached hydrogens (tertiary/aromatic N) is 1. The summed E-state index contributed by atoms with van der Waals surface area (Å²) in [5, 5.41) is 8.70. The number of nitrogens with one attached hydrogen (secondary N) is 2. The monoisotopic (exact) mass is 369 g/mol. The minimum Gasteiger partial charge on any atom is -0.497 e. The topological polar surface area (TPSA) is 72.5 Å². The number of rotatable bonds is 8. The van der Waals surface area contributed by atoms with E-state index < -0.39 is 0 Å². The molecule has 0 saturated carbocycles. The molecule has 0 fully saturated rings. The van der Waals surface area contributed by atoms with Crippen molar-refractivity contribution in [2.45, 2.75) is 0 Å². The van der Waals surface area contributed by atoms with Gasteiger partial charge in [-0.1, -0.05) is 6.07 Å². The van der Waals surface area contributed by atoms with Crippen LogP contribution in [0.25, 0.3) is 0 Å². The van der Waals surface area contributed by atoms with Gasteiger partial charge in [-0.05, 0) is 42.5 Å². The van der Waals surface area contributed by atoms with Crippen LogP contribution in [0.15, 0.2) is 60.1 Å². The Morgan fingerprint density at radius 1 is 1.15 bits per heavy atom. The summed E-state index contributed by atoms with van der Waals surface area (Å²) in [5.41, 5.74) is 1.40. The summed E-state index contributed by atoms with van der Waals surface area (Å²) in [6.45, 7) is 0.796. The largest absolute Gasteiger partial charge is 0.497 e. The van der Waals surface area contributed by atoms with Crippen LogP contribution in [-0.4, -0.2) is 31.2 Å². The first-order chi connectivity index (χ1) is 12.7. The zero-order valence-corrected chi connectivity index (χ0v) is 15.1. The lowest BCUT2D eigenvalue weighted by atomic mass is 10.2. The molecule has 0 aliphatic carbocycles. The quantitative estimate of drug-likeness (QED) is 0.592. The molecule has 3 rings (SSSR count). The lowest BCUT2D eigenvalue weighted by Gasteiger charge is -2.09. The lowest BCUT2D eigenvalue weighted by molar-refractivity contribution is 0.0947. The Labute approximate surface area is 155 Å². The molecule has 2 aromatic carbocycles. The second-order valence-corrected chi connectivity index (χ2v) is 6.22. The zero-order valence-electron chi connectivity index (χ0n) is 14.3. The van der Waals surface area contributed by atoms with Gasteiger partial charge in [-0.15, -0.1) is 11.3 Å². The highest BCUT2D eigenvalue weighted by atomic mass is 32.1. The summed E-state index contributed by atoms with van der Waals surface area (Å²) >= 11 is 1.50. The van der Waals surface area contributed by atoms with Crippen molar-refractivity contribution in [3.8, 4) is 11.5 Å². The van der Waals surface area contributed by atoms with Crippen LogP contribution in [0.2, 0.25) is 0 Å². The van der Waals surface area contributed by atoms with Crippen LogP contribution < -0.4 is 20.1 Å². The number of hydrogen-bond acceptors (Lipinski definition) is 6. The van der Waals surface area contributed by atoms with Gasteiger partial charge in [0.15, 0.2) is 5.13 Å². The highest BCUT2D eigenvalue weighted by Crippen LogP contribution is 2.19. The molecule has 0 spiro atoms. The molecule has 26 heavy (non-hydrogen) atoms. The fraction of sp³-hybridized carbons (Fsp3) is 0.158. The van der Waals surface area contributed by atoms with Crippen LogP contribution >= 0.6 is 11.3 Å². The maximum absolute atomic E-state index is 12.3. The summed E-state index contributed by atoms with van der Waals surface area (Å²) in [6, 6.07) is 14.6. The van der Waals surface area contributed by atoms with E-state index in [-0.39, 0.29) is 5.91 Å². The first kappa shape index (κ1) is 17.8. The summed E-state index contributed by atoms with van der Waals surface area (Å²) in [7, 11) is 1.62. The van der Waals surface area contributed by atoms with Crippen LogP contribution in [0.5, 0.6) is 11.5 Å². The van der Waals surface area contributed by atoms with Crippen molar-refractivity contribution in [3.63, 3.8) is 0 Å². The van der Waals surface area contributed by atoms with E-state index >= 15 is 0 Å². The number of anilines is 2. The zero-order chi connectivity index (χ0) is 18.2. The number of hydrogen-bond donors (Lipinski definition) is 2. The third-order valence-corrected chi connectivity index (χ3v) is 4.21. The van der Waals surface area contributed by atoms with Crippen LogP contribution in [0, 0.1) is 0 Å². The van der Waals surface area contributed by atoms with E-state index in [0.29, 0.717) is 18.7 Å². The van der Waals surface area contributed by atoms with Gasteiger partial charge in [-0.2, -0.15) is 0 Å². The van der Waals surface area contributed by atoms with Crippen LogP contribution in [0.3, 0.4) is 0 Å². The number of amides is 1. The van der Waals surface area contributed by atoms with Gasteiger partial charge in [0.1, 0.15) is 18.1 Å². The molecule has 0 aliphatic heterocycles. The molecule has 2 N–H and O–H groups in total. The molecule has 1 aromatic heterocycles. The van der Waals surface area contributed by atoms with Crippen molar-refractivity contribution in [1.82, 2.24) is 10.3 Å². The number of carbonyl (C=O) groups excluding carboxylic acids is 1. The van der Waals surface area contributed by atoms with Crippen molar-refractivity contribution in [1.29, 1.82) is 0 Å². The SMILES string of the molecule is COc1ccc(OCCNC(=O)c2cccc(Nc3nccs3)c2)cc1. The van der Waals surface area contributed by atoms with Crippen molar-refractivity contribution in [2.75, 3.05) is 25.6 Å². The first-order valence-corrected chi connectivity index (χ1v) is 8.94. The third-order valence-electron chi connectivity index (χ3n) is 3.52. The Morgan fingerprint density at radius 3 is 2.69 bits per heavy atom. The lowest BCUT2D eigenvalue weighted by Crippen LogP contribution is -2.28. The van der Waals surface area contributed by atoms with Crippen LogP contribution in [0.1, 0.15) is 10.4 Å². The Hall–Kier alpha value is -3.06. The Bertz CT molecular complexity index is 836. The van der Waals surface area contributed by atoms with Gasteiger partial charge in [0, 0.05) is 22.8 Å². The molecule has 3 aromatic rings. The number of aromatic nitrogens is 1. The van der Waals surface area contributed by atoms with E-state index in [9.17, 15) is 4.79 Å². The molecular formula is C19H19N3O3S. The molecular weight excluding hydrogens is 350 g/mol. The van der Waals surface area contributed by atoms with Gasteiger partial charge in [0.2, 0.25) is 0 Å². The van der Waals surface area contributed by atoms with Gasteiger partial charge >= 0.3 is 0 Å². The maximum Gasteiger partial charge on any atom is 0.251 e. The number of thiazole rings is 1. The third kappa shape index (κ3) is 4.97. The predicted molar refractivity (Wildman–Crippen MR) is 103 cm³/mol. The van der Waals surface area contributed by atoms with E-state index in [2.05, 4.69) is 15.6 Å². The van der Waals surface area contributed by atoms with Crippen LogP contribution in [0.4, 0.5) is 10.8 Å². The maximum atomic E-state index is 12.3. The second-order valence-electron chi connectivity index (χ2n) is 5.32. The van der Waals surface area contributed by atoms with E-state index in [1.807, 2.05) is 41.8 Å². The number of ether oxygens (including phenoxy) is 2. The van der Waals surface area contributed by atoms with Crippen molar-refractivity contribution < 1.29 is 14.3 Å². The van der Waals surface area contributed by atoms with E-state index in [0.717, 1.165) is 22.3 Å². The minimum atomic E-state index is -0.147. The number of methoxy groups -OCH3 is 1. The normalized spacial score (nSPS) is 10.2. The predicted octanol–water partition coefficient (Wildman–Crippen LogP) is 3.70. The van der Waals surface area contributed by atoms with E-state index in [1.165, 1.54) is 11.3 Å². The van der Waals surface area contributed by atoms with Gasteiger partial charge in [-0.25, -0.2) is 4.98 Å². The smallest absolute Gasteiger partial charge is 0.251 e. The molecule has 1 heterocycles. The fourth-order valence-electron chi connectivity index (χ4n) is 2.25. The molecule has 7 heteroatoms. The minimum absolute atomic E-state index is 0.147. The Balaban J connectivity index is 1.47. The highest BCUT2D eigenvalue weighted by molar-refractivity contribution is 7.13. The molecule has 0 atom stereocenters. The fourth-order valence-corrected chi connectivity index (χ4v) is 2.80. The van der Waals surface area contributed by atoms with Gasteiger partial charge in [0.05, 0.1) is 13.7 Å². The van der Waals surface area contributed by atoms with Gasteiger partial charge in [-0.3, -0.25) is 4.79 Å². The first-order valence-electron chi connectivity index (χ1n) is 8.06. The molecule has 0 radical (unpaired) electrons. The van der Waals surface area contributed by atoms with E-state index in [1.54, 1.807) is 25.4 Å². The van der Waals surface area contributed by atoms with Crippen molar-refractivity contribution in [2.24, 2.45) is 0 Å². The standard InChI is InChI=1S/C19H19N3O3S/c1-24-16-5-7-17(8-6-16)25-11-9-20-18(23)14-3-2-4-15(13-14)22-19-21-10-12-26-19/h2-8,10,12-13H,9,11H2,1H3,(H,20,23)(H,21,22). The van der Waals surface area contributed by atoms with Gasteiger partial charge in [0.25, 0.3) is 5.91 Å². The van der Waals surface area contributed by atoms with E-state index in [4.69, 9.17) is 9.47 Å². The summed E-state index contributed by atoms with van der Waals surface area (Å²) in [4.78, 5) is 16.4.